The van der Waals surface area contributed by atoms with Crippen LogP contribution in [-0.4, -0.2) is 53.2 Å². The van der Waals surface area contributed by atoms with E-state index in [1.165, 1.54) is 49.2 Å². The van der Waals surface area contributed by atoms with Gasteiger partial charge in [0.2, 0.25) is 11.8 Å². The normalized spacial score (nSPS) is 11.1. The van der Waals surface area contributed by atoms with Crippen molar-refractivity contribution in [3.05, 3.63) is 50.6 Å². The van der Waals surface area contributed by atoms with Crippen LogP contribution in [0.2, 0.25) is 0 Å². The van der Waals surface area contributed by atoms with Gasteiger partial charge in [-0.2, -0.15) is 14.6 Å². The van der Waals surface area contributed by atoms with Gasteiger partial charge in [-0.25, -0.2) is 8.42 Å². The van der Waals surface area contributed by atoms with E-state index in [4.69, 9.17) is 9.47 Å². The quantitative estimate of drug-likeness (QED) is 0.293. The van der Waals surface area contributed by atoms with Crippen LogP contribution < -0.4 is 19.5 Å². The Hall–Kier alpha value is -3.79. The first-order valence-electron chi connectivity index (χ1n) is 9.31. The van der Waals surface area contributed by atoms with Crippen LogP contribution in [-0.2, 0) is 21.4 Å². The number of anilines is 2. The molecule has 0 aliphatic rings. The topological polar surface area (TPSA) is 180 Å². The van der Waals surface area contributed by atoms with Gasteiger partial charge in [0.25, 0.3) is 10.0 Å². The van der Waals surface area contributed by atoms with Crippen LogP contribution >= 0.6 is 15.9 Å². The van der Waals surface area contributed by atoms with Gasteiger partial charge in [-0.15, -0.1) is 0 Å². The number of nitrogens with one attached hydrogen (secondary N) is 2. The zero-order valence-corrected chi connectivity index (χ0v) is 20.4. The summed E-state index contributed by atoms with van der Waals surface area (Å²) in [5.74, 6) is -0.864. The molecule has 180 valence electrons. The number of nitrogens with zero attached hydrogens (tertiary/aromatic N) is 5. The number of ether oxygens (including phenoxy) is 2. The fourth-order valence-electron chi connectivity index (χ4n) is 2.68. The van der Waals surface area contributed by atoms with Crippen molar-refractivity contribution < 1.29 is 27.6 Å². The summed E-state index contributed by atoms with van der Waals surface area (Å²) in [6, 6.07) is 6.56. The average molecular weight is 556 g/mol. The number of nitro groups is 1. The molecule has 2 heterocycles. The van der Waals surface area contributed by atoms with Gasteiger partial charge in [0.05, 0.1) is 29.9 Å². The number of hydrogen-bond acceptors (Lipinski definition) is 10. The van der Waals surface area contributed by atoms with Crippen molar-refractivity contribution in [1.29, 1.82) is 0 Å². The van der Waals surface area contributed by atoms with Gasteiger partial charge in [0, 0.05) is 11.8 Å². The predicted octanol–water partition coefficient (Wildman–Crippen LogP) is 2.11. The summed E-state index contributed by atoms with van der Waals surface area (Å²) in [6.07, 6.45) is 0. The third-order valence-corrected chi connectivity index (χ3v) is 6.64. The lowest BCUT2D eigenvalue weighted by molar-refractivity contribution is -0.390. The summed E-state index contributed by atoms with van der Waals surface area (Å²) < 4.78 is 39.0. The zero-order valence-electron chi connectivity index (χ0n) is 18.0. The summed E-state index contributed by atoms with van der Waals surface area (Å²) in [7, 11) is -1.33. The Labute approximate surface area is 201 Å². The van der Waals surface area contributed by atoms with E-state index < -0.39 is 26.7 Å². The minimum Gasteiger partial charge on any atom is -0.481 e. The van der Waals surface area contributed by atoms with E-state index in [1.54, 1.807) is 6.92 Å². The third-order valence-electron chi connectivity index (χ3n) is 4.34. The molecule has 3 rings (SSSR count). The molecule has 14 nitrogen and oxygen atoms in total. The Balaban J connectivity index is 1.70. The molecule has 0 fully saturated rings. The molecule has 1 aromatic carbocycles. The van der Waals surface area contributed by atoms with Crippen molar-refractivity contribution >= 4 is 49.2 Å². The summed E-state index contributed by atoms with van der Waals surface area (Å²) in [5.41, 5.74) is 0.722. The van der Waals surface area contributed by atoms with Gasteiger partial charge in [0.15, 0.2) is 5.82 Å². The summed E-state index contributed by atoms with van der Waals surface area (Å²) in [4.78, 5) is 30.4. The van der Waals surface area contributed by atoms with Crippen molar-refractivity contribution in [2.45, 2.75) is 18.4 Å². The first kappa shape index (κ1) is 24.8. The van der Waals surface area contributed by atoms with Crippen LogP contribution in [0.1, 0.15) is 5.69 Å². The fraction of sp³-hybridized carbons (Fsp3) is 0.222. The van der Waals surface area contributed by atoms with E-state index in [0.29, 0.717) is 11.4 Å². The maximum atomic E-state index is 12.7. The highest BCUT2D eigenvalue weighted by Gasteiger charge is 2.24. The highest BCUT2D eigenvalue weighted by molar-refractivity contribution is 9.10. The number of carbonyl (C=O) groups is 1. The largest absolute Gasteiger partial charge is 0.481 e. The highest BCUT2D eigenvalue weighted by atomic mass is 79.9. The van der Waals surface area contributed by atoms with Gasteiger partial charge in [-0.1, -0.05) is 0 Å². The van der Waals surface area contributed by atoms with E-state index in [1.807, 2.05) is 0 Å². The van der Waals surface area contributed by atoms with Gasteiger partial charge < -0.3 is 24.9 Å². The lowest BCUT2D eigenvalue weighted by Crippen LogP contribution is -2.20. The van der Waals surface area contributed by atoms with Crippen LogP contribution in [0.5, 0.6) is 11.9 Å². The lowest BCUT2D eigenvalue weighted by Gasteiger charge is -2.10. The Kier molecular flexibility index (Phi) is 7.31. The molecule has 0 unspecified atom stereocenters. The third kappa shape index (κ3) is 5.57. The molecule has 0 saturated heterocycles. The first-order valence-corrected chi connectivity index (χ1v) is 11.6. The standard InChI is InChI=1S/C18H18BrN7O7S/c1-10-16(19)17(26(28)29)23-25(10)9-14(27)20-11-4-6-12(7-5-11)34(30,31)24-13-8-15(32-2)22-18(21-13)33-3/h4-8H,9H2,1-3H3,(H,20,27)(H,21,22,24). The second kappa shape index (κ2) is 10.0. The SMILES string of the molecule is COc1cc(NS(=O)(=O)c2ccc(NC(=O)Cn3nc([N+](=O)[O-])c(Br)c3C)cc2)nc(OC)n1. The number of amides is 1. The molecule has 0 spiro atoms. The van der Waals surface area contributed by atoms with E-state index in [-0.39, 0.29) is 33.6 Å². The van der Waals surface area contributed by atoms with Crippen molar-refractivity contribution in [1.82, 2.24) is 19.7 Å². The number of hydrogen-bond donors (Lipinski definition) is 2. The molecule has 2 N–H and O–H groups in total. The molecular formula is C18H18BrN7O7S. The molecule has 34 heavy (non-hydrogen) atoms. The molecule has 2 aromatic heterocycles. The molecule has 16 heteroatoms. The fourth-order valence-corrected chi connectivity index (χ4v) is 4.10. The van der Waals surface area contributed by atoms with E-state index in [2.05, 4.69) is 41.0 Å². The molecule has 0 radical (unpaired) electrons. The Morgan fingerprint density at radius 3 is 2.44 bits per heavy atom. The zero-order chi connectivity index (χ0) is 25.0. The highest BCUT2D eigenvalue weighted by Crippen LogP contribution is 2.27. The van der Waals surface area contributed by atoms with Gasteiger partial charge in [-0.3, -0.25) is 9.52 Å². The number of halogens is 1. The predicted molar refractivity (Wildman–Crippen MR) is 122 cm³/mol. The number of rotatable bonds is 9. The maximum absolute atomic E-state index is 12.7. The Bertz CT molecular complexity index is 1320. The van der Waals surface area contributed by atoms with Crippen LogP contribution in [0.15, 0.2) is 39.7 Å². The van der Waals surface area contributed by atoms with Crippen LogP contribution in [0.3, 0.4) is 0 Å². The number of benzene rings is 1. The number of carbonyl (C=O) groups excluding carboxylic acids is 1. The van der Waals surface area contributed by atoms with Gasteiger partial charge in [-0.05, 0) is 52.0 Å². The van der Waals surface area contributed by atoms with E-state index in [0.717, 1.165) is 0 Å². The van der Waals surface area contributed by atoms with E-state index in [9.17, 15) is 23.3 Å². The molecule has 0 bridgehead atoms. The minimum absolute atomic E-state index is 0.0593. The number of aromatic nitrogens is 4. The second-order valence-electron chi connectivity index (χ2n) is 6.60. The summed E-state index contributed by atoms with van der Waals surface area (Å²) in [5, 5.41) is 17.4. The minimum atomic E-state index is -4.02. The number of methoxy groups -OCH3 is 2. The summed E-state index contributed by atoms with van der Waals surface area (Å²) >= 11 is 3.08. The van der Waals surface area contributed by atoms with Crippen LogP contribution in [0.4, 0.5) is 17.3 Å². The lowest BCUT2D eigenvalue weighted by atomic mass is 10.3. The average Bonchev–Trinajstić information content (AvgIpc) is 3.07. The molecule has 0 saturated carbocycles. The molecule has 0 aliphatic heterocycles. The smallest absolute Gasteiger partial charge is 0.404 e. The van der Waals surface area contributed by atoms with Crippen LogP contribution in [0.25, 0.3) is 0 Å². The van der Waals surface area contributed by atoms with Gasteiger partial charge >= 0.3 is 11.8 Å². The van der Waals surface area contributed by atoms with E-state index >= 15 is 0 Å². The Morgan fingerprint density at radius 2 is 1.88 bits per heavy atom. The van der Waals surface area contributed by atoms with Crippen molar-refractivity contribution in [3.8, 4) is 11.9 Å². The second-order valence-corrected chi connectivity index (χ2v) is 9.07. The van der Waals surface area contributed by atoms with Crippen molar-refractivity contribution in [2.75, 3.05) is 24.3 Å². The molecule has 1 amide bonds. The Morgan fingerprint density at radius 1 is 1.21 bits per heavy atom. The maximum Gasteiger partial charge on any atom is 0.404 e. The van der Waals surface area contributed by atoms with Crippen molar-refractivity contribution in [3.63, 3.8) is 0 Å². The first-order chi connectivity index (χ1) is 16.0. The van der Waals surface area contributed by atoms with Gasteiger partial charge in [0.1, 0.15) is 11.0 Å². The molecular weight excluding hydrogens is 538 g/mol. The molecule has 0 atom stereocenters. The molecule has 3 aromatic rings. The van der Waals surface area contributed by atoms with Crippen molar-refractivity contribution in [2.24, 2.45) is 0 Å². The summed E-state index contributed by atoms with van der Waals surface area (Å²) in [6.45, 7) is 1.30. The molecule has 0 aliphatic carbocycles. The van der Waals surface area contributed by atoms with Crippen LogP contribution in [0, 0.1) is 17.0 Å². The number of sulfonamides is 1. The monoisotopic (exact) mass is 555 g/mol.